The van der Waals surface area contributed by atoms with E-state index in [0.29, 0.717) is 6.42 Å². The zero-order chi connectivity index (χ0) is 13.4. The average Bonchev–Trinajstić information content (AvgIpc) is 3.07. The molecule has 0 bridgehead atoms. The second-order valence-corrected chi connectivity index (χ2v) is 5.07. The molecule has 0 radical (unpaired) electrons. The monoisotopic (exact) mass is 249 g/mol. The molecule has 4 nitrogen and oxygen atoms in total. The molecule has 1 fully saturated rings. The molecule has 4 heteroatoms. The van der Waals surface area contributed by atoms with Gasteiger partial charge >= 0.3 is 5.97 Å². The molecule has 3 atom stereocenters. The lowest BCUT2D eigenvalue weighted by molar-refractivity contribution is -0.138. The van der Waals surface area contributed by atoms with Crippen LogP contribution in [0.15, 0.2) is 12.1 Å². The number of hydrogen-bond donors (Lipinski definition) is 2. The van der Waals surface area contributed by atoms with Gasteiger partial charge < -0.3 is 15.6 Å². The molecule has 0 saturated heterocycles. The molecular weight excluding hydrogens is 230 g/mol. The molecule has 1 saturated carbocycles. The van der Waals surface area contributed by atoms with Gasteiger partial charge in [-0.3, -0.25) is 4.79 Å². The van der Waals surface area contributed by atoms with Crippen LogP contribution in [-0.2, 0) is 4.79 Å². The van der Waals surface area contributed by atoms with E-state index in [0.717, 1.165) is 22.4 Å². The van der Waals surface area contributed by atoms with Crippen molar-refractivity contribution in [3.8, 4) is 5.75 Å². The number of hydrogen-bond acceptors (Lipinski definition) is 3. The van der Waals surface area contributed by atoms with E-state index < -0.39 is 5.97 Å². The predicted octanol–water partition coefficient (Wildman–Crippen LogP) is 2.03. The second-order valence-electron chi connectivity index (χ2n) is 5.07. The van der Waals surface area contributed by atoms with Gasteiger partial charge in [0, 0.05) is 11.6 Å². The van der Waals surface area contributed by atoms with Crippen LogP contribution < -0.4 is 10.5 Å². The first-order valence-electron chi connectivity index (χ1n) is 6.09. The highest BCUT2D eigenvalue weighted by Gasteiger charge is 2.47. The average molecular weight is 249 g/mol. The molecule has 18 heavy (non-hydrogen) atoms. The first-order chi connectivity index (χ1) is 8.45. The summed E-state index contributed by atoms with van der Waals surface area (Å²) in [5.74, 6) is -0.244. The number of carboxylic acids is 1. The van der Waals surface area contributed by atoms with Crippen LogP contribution in [0.2, 0.25) is 0 Å². The van der Waals surface area contributed by atoms with E-state index in [1.807, 2.05) is 26.0 Å². The number of carboxylic acid groups (broad SMARTS) is 1. The Balaban J connectivity index is 2.30. The van der Waals surface area contributed by atoms with Crippen molar-refractivity contribution in [3.63, 3.8) is 0 Å². The molecule has 0 amide bonds. The van der Waals surface area contributed by atoms with E-state index in [-0.39, 0.29) is 17.9 Å². The standard InChI is InChI=1S/C14H19NO3/c1-7-4-8(2)13(18-3)11(5-7)12(15)9-6-10(9)14(16)17/h4-5,9-10,12H,6,15H2,1-3H3,(H,16,17). The first kappa shape index (κ1) is 12.9. The van der Waals surface area contributed by atoms with Crippen LogP contribution in [0.3, 0.4) is 0 Å². The van der Waals surface area contributed by atoms with Gasteiger partial charge in [0.15, 0.2) is 0 Å². The van der Waals surface area contributed by atoms with Gasteiger partial charge in [-0.2, -0.15) is 0 Å². The summed E-state index contributed by atoms with van der Waals surface area (Å²) in [7, 11) is 1.62. The maximum Gasteiger partial charge on any atom is 0.306 e. The van der Waals surface area contributed by atoms with E-state index in [2.05, 4.69) is 0 Å². The van der Waals surface area contributed by atoms with Crippen LogP contribution >= 0.6 is 0 Å². The summed E-state index contributed by atoms with van der Waals surface area (Å²) in [6.07, 6.45) is 0.659. The van der Waals surface area contributed by atoms with E-state index in [1.54, 1.807) is 7.11 Å². The van der Waals surface area contributed by atoms with Crippen molar-refractivity contribution < 1.29 is 14.6 Å². The van der Waals surface area contributed by atoms with E-state index in [9.17, 15) is 4.79 Å². The molecule has 0 spiro atoms. The number of aliphatic carboxylic acids is 1. The van der Waals surface area contributed by atoms with Crippen molar-refractivity contribution in [2.75, 3.05) is 7.11 Å². The van der Waals surface area contributed by atoms with Crippen LogP contribution in [0.1, 0.15) is 29.2 Å². The van der Waals surface area contributed by atoms with Crippen LogP contribution in [0, 0.1) is 25.7 Å². The van der Waals surface area contributed by atoms with Crippen LogP contribution in [-0.4, -0.2) is 18.2 Å². The Morgan fingerprint density at radius 3 is 2.67 bits per heavy atom. The highest BCUT2D eigenvalue weighted by atomic mass is 16.5. The van der Waals surface area contributed by atoms with E-state index >= 15 is 0 Å². The molecule has 1 aliphatic carbocycles. The highest BCUT2D eigenvalue weighted by Crippen LogP contribution is 2.48. The summed E-state index contributed by atoms with van der Waals surface area (Å²) in [5, 5.41) is 8.97. The zero-order valence-corrected chi connectivity index (χ0v) is 10.9. The van der Waals surface area contributed by atoms with Crippen LogP contribution in [0.25, 0.3) is 0 Å². The molecule has 1 aromatic carbocycles. The van der Waals surface area contributed by atoms with Crippen molar-refractivity contribution in [1.29, 1.82) is 0 Å². The van der Waals surface area contributed by atoms with Gasteiger partial charge in [-0.15, -0.1) is 0 Å². The molecule has 98 valence electrons. The molecule has 0 aliphatic heterocycles. The molecule has 0 heterocycles. The highest BCUT2D eigenvalue weighted by molar-refractivity contribution is 5.73. The Kier molecular flexibility index (Phi) is 3.30. The number of carbonyl (C=O) groups is 1. The normalized spacial score (nSPS) is 23.6. The second kappa shape index (κ2) is 4.61. The maximum absolute atomic E-state index is 10.9. The van der Waals surface area contributed by atoms with Crippen molar-refractivity contribution in [1.82, 2.24) is 0 Å². The lowest BCUT2D eigenvalue weighted by Crippen LogP contribution is -2.17. The number of benzene rings is 1. The summed E-state index contributed by atoms with van der Waals surface area (Å²) >= 11 is 0. The largest absolute Gasteiger partial charge is 0.496 e. The Hall–Kier alpha value is -1.55. The fourth-order valence-corrected chi connectivity index (χ4v) is 2.64. The molecule has 1 aliphatic rings. The molecule has 0 aromatic heterocycles. The molecule has 3 unspecified atom stereocenters. The topological polar surface area (TPSA) is 72.5 Å². The summed E-state index contributed by atoms with van der Waals surface area (Å²) in [6.45, 7) is 3.98. The number of rotatable bonds is 4. The SMILES string of the molecule is COc1c(C)cc(C)cc1C(N)C1CC1C(=O)O. The van der Waals surface area contributed by atoms with Gasteiger partial charge in [0.05, 0.1) is 13.0 Å². The Bertz CT molecular complexity index is 484. The van der Waals surface area contributed by atoms with Gasteiger partial charge in [-0.1, -0.05) is 17.7 Å². The van der Waals surface area contributed by atoms with Gasteiger partial charge in [0.1, 0.15) is 5.75 Å². The third kappa shape index (κ3) is 2.20. The summed E-state index contributed by atoms with van der Waals surface area (Å²) in [6, 6.07) is 3.77. The van der Waals surface area contributed by atoms with Gasteiger partial charge in [0.25, 0.3) is 0 Å². The summed E-state index contributed by atoms with van der Waals surface area (Å²) in [4.78, 5) is 10.9. The Labute approximate surface area is 107 Å². The first-order valence-corrected chi connectivity index (χ1v) is 6.09. The lowest BCUT2D eigenvalue weighted by Gasteiger charge is -2.18. The van der Waals surface area contributed by atoms with Crippen molar-refractivity contribution >= 4 is 5.97 Å². The van der Waals surface area contributed by atoms with Crippen molar-refractivity contribution in [2.24, 2.45) is 17.6 Å². The van der Waals surface area contributed by atoms with Gasteiger partial charge in [-0.05, 0) is 31.7 Å². The smallest absolute Gasteiger partial charge is 0.306 e. The van der Waals surface area contributed by atoms with Gasteiger partial charge in [0.2, 0.25) is 0 Å². The van der Waals surface area contributed by atoms with Crippen molar-refractivity contribution in [3.05, 3.63) is 28.8 Å². The number of nitrogens with two attached hydrogens (primary N) is 1. The van der Waals surface area contributed by atoms with E-state index in [4.69, 9.17) is 15.6 Å². The van der Waals surface area contributed by atoms with Crippen molar-refractivity contribution in [2.45, 2.75) is 26.3 Å². The van der Waals surface area contributed by atoms with Gasteiger partial charge in [-0.25, -0.2) is 0 Å². The molecule has 1 aromatic rings. The Morgan fingerprint density at radius 2 is 2.17 bits per heavy atom. The third-order valence-electron chi connectivity index (χ3n) is 3.63. The minimum absolute atomic E-state index is 0.0256. The quantitative estimate of drug-likeness (QED) is 0.856. The predicted molar refractivity (Wildman–Crippen MR) is 68.6 cm³/mol. The van der Waals surface area contributed by atoms with Crippen LogP contribution in [0.5, 0.6) is 5.75 Å². The third-order valence-corrected chi connectivity index (χ3v) is 3.63. The number of aryl methyl sites for hydroxylation is 2. The van der Waals surface area contributed by atoms with E-state index in [1.165, 1.54) is 0 Å². The minimum atomic E-state index is -0.751. The summed E-state index contributed by atoms with van der Waals surface area (Å²) in [5.41, 5.74) is 9.27. The Morgan fingerprint density at radius 1 is 1.50 bits per heavy atom. The van der Waals surface area contributed by atoms with Crippen LogP contribution in [0.4, 0.5) is 0 Å². The fraction of sp³-hybridized carbons (Fsp3) is 0.500. The summed E-state index contributed by atoms with van der Waals surface area (Å²) < 4.78 is 5.40. The zero-order valence-electron chi connectivity index (χ0n) is 10.9. The molecule has 3 N–H and O–H groups in total. The number of ether oxygens (including phenoxy) is 1. The fourth-order valence-electron chi connectivity index (χ4n) is 2.64. The number of methoxy groups -OCH3 is 1. The maximum atomic E-state index is 10.9. The molecule has 2 rings (SSSR count). The minimum Gasteiger partial charge on any atom is -0.496 e. The lowest BCUT2D eigenvalue weighted by atomic mass is 9.96. The molecular formula is C14H19NO3.